The van der Waals surface area contributed by atoms with Gasteiger partial charge in [-0.1, -0.05) is 36.7 Å². The fraction of sp³-hybridized carbons (Fsp3) is 0.250. The van der Waals surface area contributed by atoms with Crippen LogP contribution in [0.25, 0.3) is 33.2 Å². The van der Waals surface area contributed by atoms with Crippen LogP contribution in [0.4, 0.5) is 13.2 Å². The van der Waals surface area contributed by atoms with Crippen LogP contribution in [-0.2, 0) is 6.42 Å². The predicted molar refractivity (Wildman–Crippen MR) is 132 cm³/mol. The van der Waals surface area contributed by atoms with E-state index in [9.17, 15) is 13.6 Å². The van der Waals surface area contributed by atoms with Crippen molar-refractivity contribution in [3.63, 3.8) is 0 Å². The van der Waals surface area contributed by atoms with Gasteiger partial charge in [-0.25, -0.2) is 13.2 Å². The van der Waals surface area contributed by atoms with Crippen molar-refractivity contribution in [1.29, 1.82) is 0 Å². The first-order valence-corrected chi connectivity index (χ1v) is 11.9. The summed E-state index contributed by atoms with van der Waals surface area (Å²) >= 11 is 6.22. The largest absolute Gasteiger partial charge is 0.460 e. The molecule has 1 saturated heterocycles. The number of hydrogen-bond donors (Lipinski definition) is 0. The second-order valence-corrected chi connectivity index (χ2v) is 9.30. The van der Waals surface area contributed by atoms with Crippen molar-refractivity contribution in [2.45, 2.75) is 32.1 Å². The molecule has 1 fully saturated rings. The molecule has 4 aromatic rings. The van der Waals surface area contributed by atoms with Gasteiger partial charge >= 0.3 is 0 Å². The normalized spacial score (nSPS) is 15.5. The van der Waals surface area contributed by atoms with Crippen LogP contribution in [0.3, 0.4) is 0 Å². The molecule has 35 heavy (non-hydrogen) atoms. The summed E-state index contributed by atoms with van der Waals surface area (Å²) in [4.78, 5) is 14.1. The standard InChI is InChI=1S/C28H23ClF3NO2/c1-2-22-14-20-12-19(15-24(26(20)35-22)17-4-3-5-21(29)13-17)23-7-6-18(16-25(23)30)27(34)33-10-8-28(31,32)9-11-33/h3-7,12-16H,2,8-11H2,1H3. The van der Waals surface area contributed by atoms with Crippen molar-refractivity contribution in [2.24, 2.45) is 0 Å². The highest BCUT2D eigenvalue weighted by Crippen LogP contribution is 2.38. The van der Waals surface area contributed by atoms with Crippen LogP contribution in [0.5, 0.6) is 0 Å². The number of aryl methyl sites for hydroxylation is 1. The van der Waals surface area contributed by atoms with E-state index in [0.717, 1.165) is 22.3 Å². The van der Waals surface area contributed by atoms with E-state index in [1.165, 1.54) is 11.0 Å². The molecule has 0 bridgehead atoms. The number of alkyl halides is 2. The molecule has 3 nitrogen and oxygen atoms in total. The molecule has 1 amide bonds. The van der Waals surface area contributed by atoms with Crippen LogP contribution in [0, 0.1) is 5.82 Å². The lowest BCUT2D eigenvalue weighted by atomic mass is 9.95. The zero-order valence-corrected chi connectivity index (χ0v) is 19.8. The molecule has 0 unspecified atom stereocenters. The Labute approximate surface area is 206 Å². The lowest BCUT2D eigenvalue weighted by Crippen LogP contribution is -2.42. The fourth-order valence-electron chi connectivity index (χ4n) is 4.51. The van der Waals surface area contributed by atoms with Crippen molar-refractivity contribution in [3.8, 4) is 22.3 Å². The quantitative estimate of drug-likeness (QED) is 0.286. The summed E-state index contributed by atoms with van der Waals surface area (Å²) in [6, 6.07) is 17.3. The summed E-state index contributed by atoms with van der Waals surface area (Å²) in [6.45, 7) is 1.90. The maximum Gasteiger partial charge on any atom is 0.253 e. The third-order valence-electron chi connectivity index (χ3n) is 6.46. The minimum Gasteiger partial charge on any atom is -0.460 e. The van der Waals surface area contributed by atoms with E-state index < -0.39 is 17.6 Å². The van der Waals surface area contributed by atoms with E-state index in [0.29, 0.717) is 28.2 Å². The molecule has 1 aromatic heterocycles. The lowest BCUT2D eigenvalue weighted by Gasteiger charge is -2.31. The van der Waals surface area contributed by atoms with E-state index in [-0.39, 0.29) is 31.5 Å². The number of nitrogens with zero attached hydrogens (tertiary/aromatic N) is 1. The molecule has 0 saturated carbocycles. The van der Waals surface area contributed by atoms with Gasteiger partial charge < -0.3 is 9.32 Å². The Balaban J connectivity index is 1.53. The molecule has 0 spiro atoms. The van der Waals surface area contributed by atoms with Gasteiger partial charge in [-0.2, -0.15) is 0 Å². The first-order valence-electron chi connectivity index (χ1n) is 11.5. The van der Waals surface area contributed by atoms with E-state index in [4.69, 9.17) is 16.0 Å². The highest BCUT2D eigenvalue weighted by Gasteiger charge is 2.35. The summed E-state index contributed by atoms with van der Waals surface area (Å²) in [7, 11) is 0. The highest BCUT2D eigenvalue weighted by molar-refractivity contribution is 6.30. The number of benzene rings is 3. The van der Waals surface area contributed by atoms with E-state index >= 15 is 4.39 Å². The molecule has 7 heteroatoms. The summed E-state index contributed by atoms with van der Waals surface area (Å²) in [6.07, 6.45) is -0.0430. The van der Waals surface area contributed by atoms with Gasteiger partial charge in [0.1, 0.15) is 17.2 Å². The van der Waals surface area contributed by atoms with Crippen LogP contribution in [-0.4, -0.2) is 29.8 Å². The molecule has 1 aliphatic rings. The number of amides is 1. The summed E-state index contributed by atoms with van der Waals surface area (Å²) < 4.78 is 48.3. The van der Waals surface area contributed by atoms with Gasteiger partial charge in [0.2, 0.25) is 0 Å². The summed E-state index contributed by atoms with van der Waals surface area (Å²) in [5.74, 6) is -2.94. The molecule has 180 valence electrons. The first kappa shape index (κ1) is 23.5. The Hall–Kier alpha value is -3.25. The van der Waals surface area contributed by atoms with E-state index in [1.807, 2.05) is 43.3 Å². The Kier molecular flexibility index (Phi) is 6.09. The Morgan fingerprint density at radius 3 is 2.46 bits per heavy atom. The maximum absolute atomic E-state index is 15.3. The predicted octanol–water partition coefficient (Wildman–Crippen LogP) is 7.99. The van der Waals surface area contributed by atoms with Crippen molar-refractivity contribution in [1.82, 2.24) is 4.90 Å². The molecule has 0 aliphatic carbocycles. The number of carbonyl (C=O) groups is 1. The second kappa shape index (κ2) is 9.08. The van der Waals surface area contributed by atoms with Crippen molar-refractivity contribution < 1.29 is 22.4 Å². The highest BCUT2D eigenvalue weighted by atomic mass is 35.5. The molecule has 1 aliphatic heterocycles. The summed E-state index contributed by atoms with van der Waals surface area (Å²) in [5.41, 5.74) is 3.43. The monoisotopic (exact) mass is 497 g/mol. The molecule has 2 heterocycles. The van der Waals surface area contributed by atoms with Crippen LogP contribution in [0.1, 0.15) is 35.9 Å². The van der Waals surface area contributed by atoms with Gasteiger partial charge in [0, 0.05) is 59.5 Å². The number of rotatable bonds is 4. The maximum atomic E-state index is 15.3. The minimum absolute atomic E-state index is 0.0465. The van der Waals surface area contributed by atoms with Crippen LogP contribution in [0.15, 0.2) is 65.1 Å². The average Bonchev–Trinajstić information content (AvgIpc) is 3.26. The molecular formula is C28H23ClF3NO2. The van der Waals surface area contributed by atoms with E-state index in [2.05, 4.69) is 0 Å². The molecule has 0 atom stereocenters. The van der Waals surface area contributed by atoms with E-state index in [1.54, 1.807) is 18.2 Å². The van der Waals surface area contributed by atoms with Crippen molar-refractivity contribution >= 4 is 28.5 Å². The number of hydrogen-bond acceptors (Lipinski definition) is 2. The van der Waals surface area contributed by atoms with Gasteiger partial charge in [0.15, 0.2) is 0 Å². The lowest BCUT2D eigenvalue weighted by molar-refractivity contribution is -0.0494. The van der Waals surface area contributed by atoms with Gasteiger partial charge in [0.25, 0.3) is 11.8 Å². The first-order chi connectivity index (χ1) is 16.7. The second-order valence-electron chi connectivity index (χ2n) is 8.86. The number of likely N-dealkylation sites (tertiary alicyclic amines) is 1. The number of furan rings is 1. The molecule has 5 rings (SSSR count). The van der Waals surface area contributed by atoms with Gasteiger partial charge in [-0.05, 0) is 53.6 Å². The SMILES string of the molecule is CCc1cc2cc(-c3ccc(C(=O)N4CCC(F)(F)CC4)cc3F)cc(-c3cccc(Cl)c3)c2o1. The zero-order valence-electron chi connectivity index (χ0n) is 19.1. The third-order valence-corrected chi connectivity index (χ3v) is 6.70. The molecule has 3 aromatic carbocycles. The molecule has 0 N–H and O–H groups in total. The Bertz CT molecular complexity index is 1420. The molecule has 0 radical (unpaired) electrons. The third kappa shape index (κ3) is 4.67. The number of halogens is 4. The zero-order chi connectivity index (χ0) is 24.7. The molecular weight excluding hydrogens is 475 g/mol. The van der Waals surface area contributed by atoms with Crippen LogP contribution in [0.2, 0.25) is 5.02 Å². The van der Waals surface area contributed by atoms with Crippen molar-refractivity contribution in [3.05, 3.63) is 82.8 Å². The van der Waals surface area contributed by atoms with Gasteiger partial charge in [-0.3, -0.25) is 4.79 Å². The number of fused-ring (bicyclic) bond motifs is 1. The number of carbonyl (C=O) groups excluding carboxylic acids is 1. The average molecular weight is 498 g/mol. The van der Waals surface area contributed by atoms with Crippen LogP contribution < -0.4 is 0 Å². The Morgan fingerprint density at radius 2 is 1.77 bits per heavy atom. The smallest absolute Gasteiger partial charge is 0.253 e. The fourth-order valence-corrected chi connectivity index (χ4v) is 4.70. The van der Waals surface area contributed by atoms with Gasteiger partial charge in [-0.15, -0.1) is 0 Å². The van der Waals surface area contributed by atoms with Crippen molar-refractivity contribution in [2.75, 3.05) is 13.1 Å². The van der Waals surface area contributed by atoms with Crippen LogP contribution >= 0.6 is 11.6 Å². The topological polar surface area (TPSA) is 33.5 Å². The summed E-state index contributed by atoms with van der Waals surface area (Å²) in [5, 5.41) is 1.41. The minimum atomic E-state index is -2.75. The number of piperidine rings is 1. The van der Waals surface area contributed by atoms with Gasteiger partial charge in [0.05, 0.1) is 0 Å². The Morgan fingerprint density at radius 1 is 1.00 bits per heavy atom.